The van der Waals surface area contributed by atoms with Crippen molar-refractivity contribution in [3.8, 4) is 46.6 Å². The summed E-state index contributed by atoms with van der Waals surface area (Å²) in [4.78, 5) is 87.5. The molecule has 19 heteroatoms. The van der Waals surface area contributed by atoms with Gasteiger partial charge in [-0.15, -0.1) is 0 Å². The Morgan fingerprint density at radius 1 is 0.495 bits per heavy atom. The number of benzene rings is 6. The van der Waals surface area contributed by atoms with Crippen molar-refractivity contribution < 1.29 is 80.2 Å². The van der Waals surface area contributed by atoms with Gasteiger partial charge in [0.15, 0.2) is 11.6 Å². The van der Waals surface area contributed by atoms with Crippen LogP contribution >= 0.6 is 0 Å². The zero-order valence-corrected chi connectivity index (χ0v) is 60.2. The van der Waals surface area contributed by atoms with E-state index in [-0.39, 0.29) is 76.7 Å². The summed E-state index contributed by atoms with van der Waals surface area (Å²) in [6.45, 7) is 33.7. The Bertz CT molecular complexity index is 3910. The highest BCUT2D eigenvalue weighted by Gasteiger charge is 2.62. The fourth-order valence-corrected chi connectivity index (χ4v) is 11.6. The van der Waals surface area contributed by atoms with Gasteiger partial charge < -0.3 is 42.6 Å². The van der Waals surface area contributed by atoms with E-state index in [4.69, 9.17) is 42.6 Å². The molecule has 0 aliphatic rings. The Labute approximate surface area is 581 Å². The lowest BCUT2D eigenvalue weighted by atomic mass is 9.61. The molecule has 99 heavy (non-hydrogen) atoms. The standard InChI is InChI=1S/C80H94F2N2O15/c1-19-44-79(99-72(90)78(18,75(11,12)13)50-74(8,9)10,96-59-42-34-56(35-43-59)70(88)94-64-27-23-26-63(81)66(64)82)76(14,15)51(4)67(85)98-80(45-20-2,97-60-40-32-55(33-41-60)69(87)93-61-25-22-24-53(46-61)49-84)77(16,17)62(47-73(5,6)7)71(89)95-65(21-3)91-57-38-30-54(31-39-57)68(86)92-58-36-28-52(48-83)29-37-58/h22-43,46,51,62,65H,19-21,44-45,47,50H2,1-18H3. The average molecular weight is 1360 g/mol. The Kier molecular flexibility index (Phi) is 25.3. The maximum Gasteiger partial charge on any atom is 0.343 e. The van der Waals surface area contributed by atoms with Crippen LogP contribution in [0, 0.1) is 78.6 Å². The van der Waals surface area contributed by atoms with Crippen molar-refractivity contribution >= 4 is 35.8 Å². The van der Waals surface area contributed by atoms with E-state index in [1.807, 2.05) is 95.2 Å². The van der Waals surface area contributed by atoms with Crippen LogP contribution in [0.15, 0.2) is 140 Å². The van der Waals surface area contributed by atoms with Crippen LogP contribution in [0.2, 0.25) is 0 Å². The van der Waals surface area contributed by atoms with E-state index >= 15 is 14.4 Å². The highest BCUT2D eigenvalue weighted by atomic mass is 19.2. The van der Waals surface area contributed by atoms with Crippen molar-refractivity contribution in [3.63, 3.8) is 0 Å². The van der Waals surface area contributed by atoms with E-state index in [1.165, 1.54) is 109 Å². The van der Waals surface area contributed by atoms with Crippen molar-refractivity contribution in [1.82, 2.24) is 0 Å². The topological polar surface area (TPSA) is 233 Å². The number of hydrogen-bond acceptors (Lipinski definition) is 17. The SMILES string of the molecule is CCCC(OC(=O)C(C)(CC(C)(C)C)C(C)(C)C)(Oc1ccc(C(=O)Oc2cccc(F)c2F)cc1)C(C)(C)C(C)C(=O)OC(CCC)(Oc1ccc(C(=O)Oc2cccc(C#N)c2)cc1)C(C)(C)C(CC(C)(C)C)C(=O)OC(CC)Oc1ccc(C(=O)Oc2ccc(C#N)cc2)cc1. The van der Waals surface area contributed by atoms with Crippen LogP contribution in [-0.2, 0) is 28.6 Å². The smallest absolute Gasteiger partial charge is 0.343 e. The summed E-state index contributed by atoms with van der Waals surface area (Å²) in [6, 6.07) is 37.1. The number of nitrogens with zero attached hydrogens (tertiary/aromatic N) is 2. The van der Waals surface area contributed by atoms with E-state index in [0.29, 0.717) is 24.8 Å². The van der Waals surface area contributed by atoms with Gasteiger partial charge in [0.1, 0.15) is 28.7 Å². The minimum atomic E-state index is -2.09. The molecule has 6 rings (SSSR count). The van der Waals surface area contributed by atoms with Crippen molar-refractivity contribution in [3.05, 3.63) is 179 Å². The molecule has 0 fully saturated rings. The average Bonchev–Trinajstić information content (AvgIpc) is 0.744. The summed E-state index contributed by atoms with van der Waals surface area (Å²) in [5.41, 5.74) is -5.08. The van der Waals surface area contributed by atoms with Crippen molar-refractivity contribution in [2.24, 2.45) is 44.3 Å². The Morgan fingerprint density at radius 3 is 1.42 bits per heavy atom. The van der Waals surface area contributed by atoms with Crippen LogP contribution in [0.5, 0.6) is 34.5 Å². The first-order valence-corrected chi connectivity index (χ1v) is 33.3. The third-order valence-electron chi connectivity index (χ3n) is 18.2. The van der Waals surface area contributed by atoms with Gasteiger partial charge in [-0.25, -0.2) is 18.8 Å². The Morgan fingerprint density at radius 2 is 0.960 bits per heavy atom. The second-order valence-electron chi connectivity index (χ2n) is 29.8. The first kappa shape index (κ1) is 78.4. The molecule has 0 amide bonds. The molecule has 6 atom stereocenters. The predicted molar refractivity (Wildman–Crippen MR) is 368 cm³/mol. The highest BCUT2D eigenvalue weighted by molar-refractivity contribution is 5.92. The predicted octanol–water partition coefficient (Wildman–Crippen LogP) is 18.5. The molecule has 0 aliphatic heterocycles. The second kappa shape index (κ2) is 31.9. The molecule has 0 spiro atoms. The number of esters is 6. The van der Waals surface area contributed by atoms with Crippen molar-refractivity contribution in [1.29, 1.82) is 10.5 Å². The Balaban J connectivity index is 1.46. The van der Waals surface area contributed by atoms with E-state index in [0.717, 1.165) is 12.1 Å². The second-order valence-corrected chi connectivity index (χ2v) is 29.8. The summed E-state index contributed by atoms with van der Waals surface area (Å²) < 4.78 is 86.2. The zero-order valence-electron chi connectivity index (χ0n) is 60.2. The maximum atomic E-state index is 16.2. The number of halogens is 2. The van der Waals surface area contributed by atoms with E-state index in [9.17, 15) is 33.7 Å². The lowest BCUT2D eigenvalue weighted by Gasteiger charge is -2.52. The van der Waals surface area contributed by atoms with Crippen molar-refractivity contribution in [2.75, 3.05) is 0 Å². The molecule has 0 radical (unpaired) electrons. The molecule has 0 heterocycles. The first-order chi connectivity index (χ1) is 46.2. The summed E-state index contributed by atoms with van der Waals surface area (Å²) in [6.07, 6.45) is 0.0853. The third kappa shape index (κ3) is 19.4. The number of hydrogen-bond donors (Lipinski definition) is 0. The van der Waals surface area contributed by atoms with Gasteiger partial charge in [-0.2, -0.15) is 14.9 Å². The van der Waals surface area contributed by atoms with Gasteiger partial charge in [0.2, 0.25) is 12.1 Å². The number of ether oxygens (including phenoxy) is 9. The van der Waals surface area contributed by atoms with Crippen LogP contribution in [0.4, 0.5) is 8.78 Å². The van der Waals surface area contributed by atoms with Gasteiger partial charge in [-0.1, -0.05) is 130 Å². The van der Waals surface area contributed by atoms with Gasteiger partial charge in [0, 0.05) is 19.3 Å². The summed E-state index contributed by atoms with van der Waals surface area (Å²) in [5.74, 6) is -13.5. The molecule has 0 bridgehead atoms. The first-order valence-electron chi connectivity index (χ1n) is 33.3. The molecular formula is C80H94F2N2O15. The largest absolute Gasteiger partial charge is 0.455 e. The fraction of sp³-hybridized carbons (Fsp3) is 0.450. The molecule has 0 aromatic heterocycles. The molecule has 6 aromatic rings. The number of nitriles is 2. The monoisotopic (exact) mass is 1360 g/mol. The fourth-order valence-electron chi connectivity index (χ4n) is 11.6. The minimum Gasteiger partial charge on any atom is -0.455 e. The third-order valence-corrected chi connectivity index (χ3v) is 18.2. The highest BCUT2D eigenvalue weighted by Crippen LogP contribution is 2.54. The molecule has 528 valence electrons. The summed E-state index contributed by atoms with van der Waals surface area (Å²) in [7, 11) is 0. The normalized spacial score (nSPS) is 14.7. The quantitative estimate of drug-likeness (QED) is 0.0184. The molecule has 6 unspecified atom stereocenters. The number of carbonyl (C=O) groups is 6. The van der Waals surface area contributed by atoms with Gasteiger partial charge in [0.25, 0.3) is 11.6 Å². The van der Waals surface area contributed by atoms with Crippen LogP contribution in [0.25, 0.3) is 0 Å². The van der Waals surface area contributed by atoms with Crippen LogP contribution in [0.3, 0.4) is 0 Å². The van der Waals surface area contributed by atoms with Gasteiger partial charge in [-0.3, -0.25) is 14.4 Å². The van der Waals surface area contributed by atoms with E-state index in [2.05, 4.69) is 0 Å². The summed E-state index contributed by atoms with van der Waals surface area (Å²) >= 11 is 0. The molecule has 0 saturated carbocycles. The lowest BCUT2D eigenvalue weighted by molar-refractivity contribution is -0.280. The molecule has 0 N–H and O–H groups in total. The minimum absolute atomic E-state index is 0.000879. The van der Waals surface area contributed by atoms with Crippen molar-refractivity contribution in [2.45, 2.75) is 187 Å². The van der Waals surface area contributed by atoms with Crippen LogP contribution in [-0.4, -0.2) is 53.7 Å². The van der Waals surface area contributed by atoms with Crippen LogP contribution in [0.1, 0.15) is 212 Å². The number of carbonyl (C=O) groups excluding carboxylic acids is 6. The van der Waals surface area contributed by atoms with Gasteiger partial charge >= 0.3 is 35.8 Å². The molecule has 0 aliphatic carbocycles. The Hall–Kier alpha value is -9.62. The van der Waals surface area contributed by atoms with E-state index < -0.39 is 115 Å². The lowest BCUT2D eigenvalue weighted by Crippen LogP contribution is -2.62. The molecule has 17 nitrogen and oxygen atoms in total. The molecule has 6 aromatic carbocycles. The maximum absolute atomic E-state index is 16.2. The van der Waals surface area contributed by atoms with Gasteiger partial charge in [-0.05, 0) is 176 Å². The summed E-state index contributed by atoms with van der Waals surface area (Å²) in [5, 5.41) is 18.7. The molecular weight excluding hydrogens is 1270 g/mol. The molecule has 0 saturated heterocycles. The van der Waals surface area contributed by atoms with E-state index in [1.54, 1.807) is 59.7 Å². The number of rotatable bonds is 29. The van der Waals surface area contributed by atoms with Crippen LogP contribution < -0.4 is 28.4 Å². The van der Waals surface area contributed by atoms with Gasteiger partial charge in [0.05, 0.1) is 68.0 Å². The zero-order chi connectivity index (χ0) is 73.7.